The summed E-state index contributed by atoms with van der Waals surface area (Å²) in [6.07, 6.45) is -3.28. The largest absolute Gasteiger partial charge is 0.416 e. The Balaban J connectivity index is 2.11. The van der Waals surface area contributed by atoms with Crippen LogP contribution >= 0.6 is 0 Å². The molecule has 0 fully saturated rings. The molecule has 0 unspecified atom stereocenters. The number of aryl methyl sites for hydroxylation is 2. The molecule has 4 nitrogen and oxygen atoms in total. The van der Waals surface area contributed by atoms with Crippen molar-refractivity contribution >= 4 is 16.2 Å². The Hall–Kier alpha value is -2.35. The fourth-order valence-electron chi connectivity index (χ4n) is 1.86. The highest BCUT2D eigenvalue weighted by atomic mass is 32.2. The molecule has 0 atom stereocenters. The van der Waals surface area contributed by atoms with Gasteiger partial charge in [0, 0.05) is 0 Å². The number of halogens is 3. The van der Waals surface area contributed by atoms with Crippen molar-refractivity contribution in [2.24, 2.45) is 5.10 Å². The maximum Gasteiger partial charge on any atom is 0.416 e. The molecule has 0 aliphatic rings. The lowest BCUT2D eigenvalue weighted by Gasteiger charge is -2.07. The van der Waals surface area contributed by atoms with Crippen molar-refractivity contribution in [2.45, 2.75) is 24.9 Å². The molecular formula is C16H15F3N2O2S. The number of sulfonamides is 1. The third-order valence-electron chi connectivity index (χ3n) is 3.41. The molecule has 0 aliphatic heterocycles. The highest BCUT2D eigenvalue weighted by molar-refractivity contribution is 7.89. The summed E-state index contributed by atoms with van der Waals surface area (Å²) in [5.74, 6) is 0. The molecule has 1 N–H and O–H groups in total. The van der Waals surface area contributed by atoms with Crippen LogP contribution in [0, 0.1) is 13.8 Å². The van der Waals surface area contributed by atoms with Crippen molar-refractivity contribution in [3.05, 3.63) is 64.7 Å². The maximum absolute atomic E-state index is 12.5. The van der Waals surface area contributed by atoms with Gasteiger partial charge in [0.25, 0.3) is 10.0 Å². The Labute approximate surface area is 138 Å². The number of hydrogen-bond acceptors (Lipinski definition) is 3. The fraction of sp³-hybridized carbons (Fsp3) is 0.188. The molecule has 2 aromatic rings. The van der Waals surface area contributed by atoms with E-state index in [1.165, 1.54) is 24.3 Å². The van der Waals surface area contributed by atoms with E-state index in [2.05, 4.69) is 5.10 Å². The average molecular weight is 356 g/mol. The van der Waals surface area contributed by atoms with Crippen molar-refractivity contribution in [3.8, 4) is 0 Å². The summed E-state index contributed by atoms with van der Waals surface area (Å²) >= 11 is 0. The van der Waals surface area contributed by atoms with Gasteiger partial charge in [0.2, 0.25) is 0 Å². The minimum atomic E-state index is -4.42. The second kappa shape index (κ2) is 6.64. The molecule has 0 aromatic heterocycles. The third kappa shape index (κ3) is 4.35. The summed E-state index contributed by atoms with van der Waals surface area (Å²) in [4.78, 5) is 2.10. The summed E-state index contributed by atoms with van der Waals surface area (Å²) in [7, 11) is -3.83. The number of nitrogens with one attached hydrogen (secondary N) is 1. The van der Waals surface area contributed by atoms with Gasteiger partial charge in [0.05, 0.1) is 16.7 Å². The van der Waals surface area contributed by atoms with Gasteiger partial charge in [0.1, 0.15) is 0 Å². The van der Waals surface area contributed by atoms with Gasteiger partial charge in [0.15, 0.2) is 0 Å². The van der Waals surface area contributed by atoms with Crippen LogP contribution in [0.5, 0.6) is 0 Å². The van der Waals surface area contributed by atoms with E-state index in [1.54, 1.807) is 13.0 Å². The number of hydrogen-bond donors (Lipinski definition) is 1. The minimum Gasteiger partial charge on any atom is -0.200 e. The fourth-order valence-corrected chi connectivity index (χ4v) is 2.74. The SMILES string of the molecule is Cc1ccc(S(=O)(=O)N/N=C/c2ccc(C(F)(F)F)cc2)cc1C. The zero-order chi connectivity index (χ0) is 18.0. The van der Waals surface area contributed by atoms with Crippen LogP contribution in [-0.2, 0) is 16.2 Å². The molecule has 8 heteroatoms. The Bertz CT molecular complexity index is 858. The average Bonchev–Trinajstić information content (AvgIpc) is 2.49. The quantitative estimate of drug-likeness (QED) is 0.672. The van der Waals surface area contributed by atoms with Crippen LogP contribution < -0.4 is 4.83 Å². The predicted octanol–water partition coefficient (Wildman–Crippen LogP) is 3.63. The van der Waals surface area contributed by atoms with Crippen LogP contribution in [-0.4, -0.2) is 14.6 Å². The third-order valence-corrected chi connectivity index (χ3v) is 4.63. The minimum absolute atomic E-state index is 0.0650. The van der Waals surface area contributed by atoms with Crippen LogP contribution in [0.1, 0.15) is 22.3 Å². The zero-order valence-corrected chi connectivity index (χ0v) is 13.7. The van der Waals surface area contributed by atoms with Gasteiger partial charge < -0.3 is 0 Å². The lowest BCUT2D eigenvalue weighted by Crippen LogP contribution is -2.18. The molecule has 0 spiro atoms. The lowest BCUT2D eigenvalue weighted by atomic mass is 10.1. The second-order valence-corrected chi connectivity index (χ2v) is 6.88. The monoisotopic (exact) mass is 356 g/mol. The standard InChI is InChI=1S/C16H15F3N2O2S/c1-11-3-8-15(9-12(11)2)24(22,23)21-20-10-13-4-6-14(7-5-13)16(17,18)19/h3-10,21H,1-2H3/b20-10+. The number of alkyl halides is 3. The van der Waals surface area contributed by atoms with Gasteiger partial charge in [-0.3, -0.25) is 0 Å². The first-order chi connectivity index (χ1) is 11.1. The van der Waals surface area contributed by atoms with Crippen LogP contribution in [0.2, 0.25) is 0 Å². The van der Waals surface area contributed by atoms with E-state index in [4.69, 9.17) is 0 Å². The van der Waals surface area contributed by atoms with Crippen LogP contribution in [0.4, 0.5) is 13.2 Å². The van der Waals surface area contributed by atoms with Gasteiger partial charge in [-0.2, -0.15) is 26.7 Å². The Kier molecular flexibility index (Phi) is 4.98. The summed E-state index contributed by atoms with van der Waals surface area (Å²) in [5.41, 5.74) is 1.34. The molecule has 0 bridgehead atoms. The first-order valence-corrected chi connectivity index (χ1v) is 8.37. The van der Waals surface area contributed by atoms with Gasteiger partial charge in [-0.1, -0.05) is 18.2 Å². The highest BCUT2D eigenvalue weighted by Gasteiger charge is 2.29. The van der Waals surface area contributed by atoms with E-state index in [0.29, 0.717) is 5.56 Å². The van der Waals surface area contributed by atoms with E-state index in [-0.39, 0.29) is 4.90 Å². The first kappa shape index (κ1) is 18.0. The molecule has 0 amide bonds. The predicted molar refractivity (Wildman–Crippen MR) is 85.3 cm³/mol. The summed E-state index contributed by atoms with van der Waals surface area (Å²) < 4.78 is 61.5. The van der Waals surface area contributed by atoms with Gasteiger partial charge >= 0.3 is 6.18 Å². The first-order valence-electron chi connectivity index (χ1n) is 6.89. The smallest absolute Gasteiger partial charge is 0.200 e. The van der Waals surface area contributed by atoms with Crippen LogP contribution in [0.25, 0.3) is 0 Å². The Morgan fingerprint density at radius 2 is 1.62 bits per heavy atom. The Morgan fingerprint density at radius 3 is 2.17 bits per heavy atom. The van der Waals surface area contributed by atoms with E-state index < -0.39 is 21.8 Å². The summed E-state index contributed by atoms with van der Waals surface area (Å²) in [5, 5.41) is 3.59. The van der Waals surface area contributed by atoms with Gasteiger partial charge in [-0.25, -0.2) is 4.83 Å². The van der Waals surface area contributed by atoms with Crippen molar-refractivity contribution < 1.29 is 21.6 Å². The second-order valence-electron chi connectivity index (χ2n) is 5.22. The van der Waals surface area contributed by atoms with E-state index in [1.807, 2.05) is 11.8 Å². The van der Waals surface area contributed by atoms with E-state index in [0.717, 1.165) is 29.5 Å². The molecular weight excluding hydrogens is 341 g/mol. The number of hydrazone groups is 1. The number of nitrogens with zero attached hydrogens (tertiary/aromatic N) is 1. The van der Waals surface area contributed by atoms with Crippen LogP contribution in [0.3, 0.4) is 0 Å². The van der Waals surface area contributed by atoms with Crippen molar-refractivity contribution in [2.75, 3.05) is 0 Å². The molecule has 2 aromatic carbocycles. The van der Waals surface area contributed by atoms with Crippen LogP contribution in [0.15, 0.2) is 52.5 Å². The van der Waals surface area contributed by atoms with Crippen molar-refractivity contribution in [1.82, 2.24) is 4.83 Å². The maximum atomic E-state index is 12.5. The molecule has 0 heterocycles. The van der Waals surface area contributed by atoms with Crippen molar-refractivity contribution in [3.63, 3.8) is 0 Å². The Morgan fingerprint density at radius 1 is 1.00 bits per heavy atom. The summed E-state index contributed by atoms with van der Waals surface area (Å²) in [6, 6.07) is 8.87. The lowest BCUT2D eigenvalue weighted by molar-refractivity contribution is -0.137. The molecule has 0 aliphatic carbocycles. The number of rotatable bonds is 4. The summed E-state index contributed by atoms with van der Waals surface area (Å²) in [6.45, 7) is 3.65. The number of benzene rings is 2. The van der Waals surface area contributed by atoms with Crippen molar-refractivity contribution in [1.29, 1.82) is 0 Å². The van der Waals surface area contributed by atoms with Gasteiger partial charge in [-0.15, -0.1) is 0 Å². The molecule has 2 rings (SSSR count). The molecule has 0 radical (unpaired) electrons. The normalized spacial score (nSPS) is 12.5. The molecule has 0 saturated heterocycles. The highest BCUT2D eigenvalue weighted by Crippen LogP contribution is 2.28. The van der Waals surface area contributed by atoms with E-state index in [9.17, 15) is 21.6 Å². The zero-order valence-electron chi connectivity index (χ0n) is 12.9. The van der Waals surface area contributed by atoms with Gasteiger partial charge in [-0.05, 0) is 54.8 Å². The topological polar surface area (TPSA) is 58.5 Å². The van der Waals surface area contributed by atoms with E-state index >= 15 is 0 Å². The molecule has 24 heavy (non-hydrogen) atoms. The molecule has 128 valence electrons. The molecule has 0 saturated carbocycles.